The molecule has 63 heavy (non-hydrogen) atoms. The van der Waals surface area contributed by atoms with Crippen molar-refractivity contribution in [3.63, 3.8) is 0 Å². The number of aliphatic hydroxyl groups is 2. The average Bonchev–Trinajstić information content (AvgIpc) is 3.49. The fourth-order valence-corrected chi connectivity index (χ4v) is 7.92. The Labute approximate surface area is 367 Å². The van der Waals surface area contributed by atoms with E-state index in [0.29, 0.717) is 6.54 Å². The van der Waals surface area contributed by atoms with Crippen molar-refractivity contribution in [2.75, 3.05) is 34.4 Å². The number of methoxy groups -OCH3 is 1. The number of aromatic hydroxyl groups is 2. The summed E-state index contributed by atoms with van der Waals surface area (Å²) in [4.78, 5) is 61.8. The summed E-state index contributed by atoms with van der Waals surface area (Å²) in [7, 11) is 5.17. The summed E-state index contributed by atoms with van der Waals surface area (Å²) in [5, 5.41) is 48.4. The molecule has 2 aromatic rings. The minimum Gasteiger partial charge on any atom is -0.507 e. The number of rotatable bonds is 7. The number of nitrogens with zero attached hydrogens (tertiary/aromatic N) is 2. The number of ether oxygens (including phenoxy) is 5. The Balaban J connectivity index is 1.72. The molecular weight excluding hydrogens is 815 g/mol. The number of Topliss-reactive ketones (excluding diaryl/α,β-unsaturated/α-hetero) is 2. The number of benzene rings is 2. The van der Waals surface area contributed by atoms with Gasteiger partial charge < -0.3 is 54.3 Å². The molecule has 0 spiro atoms. The van der Waals surface area contributed by atoms with E-state index < -0.39 is 83.1 Å². The molecule has 16 nitrogen and oxygen atoms in total. The molecule has 0 fully saturated rings. The first-order chi connectivity index (χ1) is 29.6. The van der Waals surface area contributed by atoms with Crippen molar-refractivity contribution in [3.8, 4) is 23.0 Å². The molecule has 0 aromatic heterocycles. The summed E-state index contributed by atoms with van der Waals surface area (Å²) in [6, 6.07) is 4.55. The number of likely N-dealkylation sites (N-methyl/N-ethyl adjacent to an activating group) is 1. The Morgan fingerprint density at radius 3 is 2.32 bits per heavy atom. The number of phenolic OH excluding ortho intramolecular Hbond substituents is 2. The predicted molar refractivity (Wildman–Crippen MR) is 233 cm³/mol. The minimum absolute atomic E-state index is 0.0291. The van der Waals surface area contributed by atoms with Gasteiger partial charge in [0.25, 0.3) is 11.7 Å². The van der Waals surface area contributed by atoms with Crippen LogP contribution in [0.15, 0.2) is 71.1 Å². The standard InChI is InChI=1S/C47H59N3O13/c1-23-14-12-15-24(2)46(58)49-31-22-30(48-38-32(52)16-13-17-34(38)60-21-19-50(9)10)35-36(42(31)56)41(55)28(6)44-37(35)45(57)47(8,63-44)61-20-18-33(59-11)25(3)43(62-29(7)51)27(5)40(54)26(4)39(23)53/h12-18,20,22-23,25-27,33,39-40,43,52-55H,19,21H2,1-11H3,(H,49,58)/b14-12+,20-18+,24-15-,48-30+/t23-,25+,26+,27+,33-,39-,40+,43+,47-/m0/s1. The quantitative estimate of drug-likeness (QED) is 0.225. The van der Waals surface area contributed by atoms with Gasteiger partial charge in [-0.15, -0.1) is 0 Å². The third-order valence-electron chi connectivity index (χ3n) is 11.8. The number of aliphatic hydroxyl groups excluding tert-OH is 2. The Bertz CT molecular complexity index is 2280. The Morgan fingerprint density at radius 1 is 0.968 bits per heavy atom. The van der Waals surface area contributed by atoms with E-state index in [1.165, 1.54) is 65.4 Å². The number of fused-ring (bicyclic) bond motifs is 14. The second-order valence-corrected chi connectivity index (χ2v) is 16.8. The number of para-hydroxylation sites is 1. The summed E-state index contributed by atoms with van der Waals surface area (Å²) in [6.45, 7) is 13.2. The van der Waals surface area contributed by atoms with Gasteiger partial charge in [0.05, 0.1) is 47.1 Å². The molecule has 2 aromatic carbocycles. The van der Waals surface area contributed by atoms with Gasteiger partial charge in [-0.2, -0.15) is 0 Å². The molecule has 1 aliphatic carbocycles. The molecule has 0 saturated carbocycles. The first-order valence-corrected chi connectivity index (χ1v) is 20.8. The number of hydrogen-bond donors (Lipinski definition) is 5. The number of allylic oxidation sites excluding steroid dienone is 4. The molecule has 6 rings (SSSR count). The minimum atomic E-state index is -2.07. The van der Waals surface area contributed by atoms with E-state index in [2.05, 4.69) is 5.32 Å². The van der Waals surface area contributed by atoms with Crippen LogP contribution < -0.4 is 14.8 Å². The fourth-order valence-electron chi connectivity index (χ4n) is 7.92. The van der Waals surface area contributed by atoms with Crippen LogP contribution in [0, 0.1) is 30.6 Å². The smallest absolute Gasteiger partial charge is 0.312 e. The number of carbonyl (C=O) groups excluding carboxylic acids is 4. The summed E-state index contributed by atoms with van der Waals surface area (Å²) in [5.41, 5.74) is -0.888. The number of amides is 1. The largest absolute Gasteiger partial charge is 0.507 e. The maximum absolute atomic E-state index is 14.7. The zero-order valence-electron chi connectivity index (χ0n) is 37.6. The summed E-state index contributed by atoms with van der Waals surface area (Å²) in [5.74, 6) is -8.23. The van der Waals surface area contributed by atoms with Gasteiger partial charge in [-0.25, -0.2) is 4.99 Å². The highest BCUT2D eigenvalue weighted by Crippen LogP contribution is 2.49. The van der Waals surface area contributed by atoms with Gasteiger partial charge in [0, 0.05) is 67.9 Å². The van der Waals surface area contributed by atoms with Gasteiger partial charge in [0.15, 0.2) is 0 Å². The fraction of sp³-hybridized carbons (Fsp3) is 0.468. The summed E-state index contributed by atoms with van der Waals surface area (Å²) in [6.07, 6.45) is 4.72. The predicted octanol–water partition coefficient (Wildman–Crippen LogP) is 5.21. The van der Waals surface area contributed by atoms with Crippen molar-refractivity contribution in [1.29, 1.82) is 0 Å². The van der Waals surface area contributed by atoms with Gasteiger partial charge in [-0.05, 0) is 52.2 Å². The van der Waals surface area contributed by atoms with Gasteiger partial charge >= 0.3 is 11.8 Å². The van der Waals surface area contributed by atoms with Gasteiger partial charge in [-0.1, -0.05) is 52.0 Å². The summed E-state index contributed by atoms with van der Waals surface area (Å²) >= 11 is 0. The highest BCUT2D eigenvalue weighted by molar-refractivity contribution is 6.32. The molecule has 0 radical (unpaired) electrons. The van der Waals surface area contributed by atoms with Gasteiger partial charge in [0.1, 0.15) is 41.4 Å². The number of ketones is 2. The Hall–Kier alpha value is -5.81. The molecule has 16 heteroatoms. The zero-order valence-corrected chi connectivity index (χ0v) is 37.6. The van der Waals surface area contributed by atoms with E-state index >= 15 is 0 Å². The SMILES string of the molecule is CO[C@H]1/C=C/O[C@@]2(C)Oc3c(C)c(O)c4c(c3C2=O)/C(=N/c2c(O)cccc2OCCN(C)C)C=C(NC(=O)/C(C)=C\C=C\[C@H](C)[C@H](O)[C@@H](C)[C@@H](O)[C@@H](C)[C@H](OC(C)=O)[C@@H]1C)C4=O. The zero-order chi connectivity index (χ0) is 46.7. The van der Waals surface area contributed by atoms with Crippen molar-refractivity contribution in [1.82, 2.24) is 10.2 Å². The molecule has 5 bridgehead atoms. The number of aliphatic imine (C=N–C) groups is 1. The number of esters is 1. The second kappa shape index (κ2) is 19.7. The van der Waals surface area contributed by atoms with Gasteiger partial charge in [0.2, 0.25) is 5.78 Å². The van der Waals surface area contributed by atoms with E-state index in [9.17, 15) is 39.6 Å². The lowest BCUT2D eigenvalue weighted by Crippen LogP contribution is -2.46. The van der Waals surface area contributed by atoms with Crippen molar-refractivity contribution in [3.05, 3.63) is 88.4 Å². The molecule has 0 unspecified atom stereocenters. The van der Waals surface area contributed by atoms with E-state index in [4.69, 9.17) is 28.7 Å². The van der Waals surface area contributed by atoms with Crippen LogP contribution in [0.25, 0.3) is 0 Å². The van der Waals surface area contributed by atoms with Crippen LogP contribution in [-0.2, 0) is 23.8 Å². The highest BCUT2D eigenvalue weighted by atomic mass is 16.7. The molecular formula is C47H59N3O13. The summed E-state index contributed by atoms with van der Waals surface area (Å²) < 4.78 is 29.8. The maximum atomic E-state index is 14.7. The molecule has 340 valence electrons. The number of phenols is 2. The average molecular weight is 874 g/mol. The first-order valence-electron chi connectivity index (χ1n) is 20.8. The van der Waals surface area contributed by atoms with Crippen molar-refractivity contribution >= 4 is 34.8 Å². The highest BCUT2D eigenvalue weighted by Gasteiger charge is 2.51. The van der Waals surface area contributed by atoms with Crippen molar-refractivity contribution < 1.29 is 63.3 Å². The second-order valence-electron chi connectivity index (χ2n) is 16.8. The van der Waals surface area contributed by atoms with E-state index in [1.807, 2.05) is 19.0 Å². The van der Waals surface area contributed by atoms with E-state index in [-0.39, 0.29) is 68.8 Å². The van der Waals surface area contributed by atoms with Crippen LogP contribution in [-0.4, -0.2) is 119 Å². The lowest BCUT2D eigenvalue weighted by Gasteiger charge is -2.38. The molecule has 1 amide bonds. The van der Waals surface area contributed by atoms with Crippen molar-refractivity contribution in [2.24, 2.45) is 28.7 Å². The molecule has 9 atom stereocenters. The monoisotopic (exact) mass is 873 g/mol. The van der Waals surface area contributed by atoms with Crippen LogP contribution >= 0.6 is 0 Å². The normalized spacial score (nSPS) is 30.4. The lowest BCUT2D eigenvalue weighted by molar-refractivity contribution is -0.160. The van der Waals surface area contributed by atoms with Crippen molar-refractivity contribution in [2.45, 2.75) is 85.6 Å². The van der Waals surface area contributed by atoms with Gasteiger partial charge in [-0.3, -0.25) is 19.2 Å². The third kappa shape index (κ3) is 10.0. The number of nitrogens with one attached hydrogen (secondary N) is 1. The van der Waals surface area contributed by atoms with Crippen LogP contribution in [0.1, 0.15) is 80.3 Å². The molecule has 5 N–H and O–H groups in total. The molecule has 3 aliphatic heterocycles. The van der Waals surface area contributed by atoms with E-state index in [0.717, 1.165) is 0 Å². The topological polar surface area (TPSA) is 223 Å². The number of carbonyl (C=O) groups is 4. The number of hydrogen-bond acceptors (Lipinski definition) is 15. The van der Waals surface area contributed by atoms with Crippen LogP contribution in [0.4, 0.5) is 5.69 Å². The lowest BCUT2D eigenvalue weighted by atomic mass is 9.78. The molecule has 3 heterocycles. The van der Waals surface area contributed by atoms with E-state index in [1.54, 1.807) is 52.0 Å². The third-order valence-corrected chi connectivity index (χ3v) is 11.8. The molecule has 0 saturated heterocycles. The van der Waals surface area contributed by atoms with Crippen LogP contribution in [0.2, 0.25) is 0 Å². The van der Waals surface area contributed by atoms with Crippen LogP contribution in [0.5, 0.6) is 23.0 Å². The van der Waals surface area contributed by atoms with Crippen LogP contribution in [0.3, 0.4) is 0 Å². The maximum Gasteiger partial charge on any atom is 0.312 e. The Kier molecular flexibility index (Phi) is 15.1. The Morgan fingerprint density at radius 2 is 1.67 bits per heavy atom. The first kappa shape index (κ1) is 48.2. The molecule has 4 aliphatic rings.